The molecule has 0 radical (unpaired) electrons. The average molecular weight is 239 g/mol. The molecule has 0 spiro atoms. The Hall–Kier alpha value is -1.32. The third-order valence-corrected chi connectivity index (χ3v) is 3.42. The predicted molar refractivity (Wildman–Crippen MR) is 65.5 cm³/mol. The molecule has 96 valence electrons. The number of carbonyl (C=O) groups excluding carboxylic acids is 1. The lowest BCUT2D eigenvalue weighted by molar-refractivity contribution is -0.147. The first-order chi connectivity index (χ1) is 8.10. The van der Waals surface area contributed by atoms with Gasteiger partial charge >= 0.3 is 5.97 Å². The molecule has 2 unspecified atom stereocenters. The molecular weight excluding hydrogens is 218 g/mol. The second kappa shape index (κ2) is 6.42. The predicted octanol–water partition coefficient (Wildman–Crippen LogP) is 1.96. The maximum Gasteiger partial charge on any atom is 0.307 e. The summed E-state index contributed by atoms with van der Waals surface area (Å²) in [6, 6.07) is 0.155. The van der Waals surface area contributed by atoms with Crippen LogP contribution in [0.1, 0.15) is 39.5 Å². The molecule has 0 aromatic carbocycles. The fraction of sp³-hybridized carbons (Fsp3) is 0.692. The second-order valence-corrected chi connectivity index (χ2v) is 4.52. The van der Waals surface area contributed by atoms with Gasteiger partial charge in [0, 0.05) is 6.04 Å². The summed E-state index contributed by atoms with van der Waals surface area (Å²) in [6.07, 6.45) is 6.49. The van der Waals surface area contributed by atoms with Gasteiger partial charge in [-0.05, 0) is 25.7 Å². The Bertz CT molecular complexity index is 308. The zero-order chi connectivity index (χ0) is 12.8. The molecular formula is C13H21NO3. The molecule has 1 amide bonds. The van der Waals surface area contributed by atoms with Gasteiger partial charge in [-0.25, -0.2) is 0 Å². The second-order valence-electron chi connectivity index (χ2n) is 4.52. The SMILES string of the molecule is CCC(CC)NC(=O)C1CC=CCC1C(=O)O. The van der Waals surface area contributed by atoms with Crippen LogP contribution in [-0.4, -0.2) is 23.0 Å². The third-order valence-electron chi connectivity index (χ3n) is 3.42. The summed E-state index contributed by atoms with van der Waals surface area (Å²) in [5.74, 6) is -1.98. The van der Waals surface area contributed by atoms with Gasteiger partial charge in [0.25, 0.3) is 0 Å². The quantitative estimate of drug-likeness (QED) is 0.721. The Morgan fingerprint density at radius 2 is 1.76 bits per heavy atom. The topological polar surface area (TPSA) is 66.4 Å². The van der Waals surface area contributed by atoms with E-state index < -0.39 is 17.8 Å². The molecule has 0 fully saturated rings. The summed E-state index contributed by atoms with van der Waals surface area (Å²) in [5, 5.41) is 12.0. The molecule has 4 nitrogen and oxygen atoms in total. The van der Waals surface area contributed by atoms with E-state index in [9.17, 15) is 9.59 Å². The van der Waals surface area contributed by atoms with Crippen molar-refractivity contribution in [2.24, 2.45) is 11.8 Å². The van der Waals surface area contributed by atoms with Gasteiger partial charge in [-0.3, -0.25) is 9.59 Å². The van der Waals surface area contributed by atoms with Crippen LogP contribution in [0.2, 0.25) is 0 Å². The highest BCUT2D eigenvalue weighted by atomic mass is 16.4. The Labute approximate surface area is 102 Å². The number of aliphatic carboxylic acids is 1. The summed E-state index contributed by atoms with van der Waals surface area (Å²) in [5.41, 5.74) is 0. The van der Waals surface area contributed by atoms with Crippen LogP contribution in [0.25, 0.3) is 0 Å². The van der Waals surface area contributed by atoms with Crippen LogP contribution in [0.3, 0.4) is 0 Å². The van der Waals surface area contributed by atoms with Crippen molar-refractivity contribution in [3.05, 3.63) is 12.2 Å². The number of carboxylic acids is 1. The first kappa shape index (κ1) is 13.7. The fourth-order valence-electron chi connectivity index (χ4n) is 2.18. The molecule has 0 aromatic heterocycles. The highest BCUT2D eigenvalue weighted by Gasteiger charge is 2.34. The molecule has 2 atom stereocenters. The van der Waals surface area contributed by atoms with Crippen molar-refractivity contribution in [2.45, 2.75) is 45.6 Å². The van der Waals surface area contributed by atoms with Crippen molar-refractivity contribution in [3.8, 4) is 0 Å². The van der Waals surface area contributed by atoms with Crippen LogP contribution in [0.15, 0.2) is 12.2 Å². The molecule has 17 heavy (non-hydrogen) atoms. The lowest BCUT2D eigenvalue weighted by atomic mass is 9.82. The van der Waals surface area contributed by atoms with E-state index in [1.807, 2.05) is 26.0 Å². The number of allylic oxidation sites excluding steroid dienone is 2. The molecule has 0 saturated carbocycles. The molecule has 0 aliphatic heterocycles. The molecule has 1 rings (SSSR count). The standard InChI is InChI=1S/C13H21NO3/c1-3-9(4-2)14-12(15)10-7-5-6-8-11(10)13(16)17/h5-6,9-11H,3-4,7-8H2,1-2H3,(H,14,15)(H,16,17). The van der Waals surface area contributed by atoms with Crippen molar-refractivity contribution in [1.82, 2.24) is 5.32 Å². The van der Waals surface area contributed by atoms with Crippen molar-refractivity contribution < 1.29 is 14.7 Å². The van der Waals surface area contributed by atoms with Crippen molar-refractivity contribution in [3.63, 3.8) is 0 Å². The monoisotopic (exact) mass is 239 g/mol. The molecule has 0 bridgehead atoms. The van der Waals surface area contributed by atoms with Gasteiger partial charge in [0.15, 0.2) is 0 Å². The smallest absolute Gasteiger partial charge is 0.307 e. The van der Waals surface area contributed by atoms with E-state index in [0.29, 0.717) is 12.8 Å². The van der Waals surface area contributed by atoms with Crippen LogP contribution >= 0.6 is 0 Å². The van der Waals surface area contributed by atoms with Gasteiger partial charge in [-0.2, -0.15) is 0 Å². The molecule has 0 heterocycles. The minimum atomic E-state index is -0.876. The van der Waals surface area contributed by atoms with E-state index in [1.54, 1.807) is 0 Å². The Morgan fingerprint density at radius 3 is 2.24 bits per heavy atom. The Kier molecular flexibility index (Phi) is 5.19. The van der Waals surface area contributed by atoms with Crippen LogP contribution in [0.4, 0.5) is 0 Å². The lowest BCUT2D eigenvalue weighted by Gasteiger charge is -2.26. The van der Waals surface area contributed by atoms with Gasteiger partial charge in [0.1, 0.15) is 0 Å². The number of nitrogens with one attached hydrogen (secondary N) is 1. The van der Waals surface area contributed by atoms with E-state index in [-0.39, 0.29) is 11.9 Å². The third kappa shape index (κ3) is 3.58. The number of rotatable bonds is 5. The highest BCUT2D eigenvalue weighted by Crippen LogP contribution is 2.26. The van der Waals surface area contributed by atoms with Gasteiger partial charge in [0.2, 0.25) is 5.91 Å². The minimum absolute atomic E-state index is 0.115. The zero-order valence-corrected chi connectivity index (χ0v) is 10.5. The van der Waals surface area contributed by atoms with Gasteiger partial charge in [-0.1, -0.05) is 26.0 Å². The summed E-state index contributed by atoms with van der Waals surface area (Å²) in [7, 11) is 0. The highest BCUT2D eigenvalue weighted by molar-refractivity contribution is 5.85. The molecule has 1 aliphatic rings. The summed E-state index contributed by atoms with van der Waals surface area (Å²) >= 11 is 0. The maximum atomic E-state index is 12.0. The van der Waals surface area contributed by atoms with Crippen LogP contribution in [0.5, 0.6) is 0 Å². The number of amides is 1. The van der Waals surface area contributed by atoms with E-state index in [0.717, 1.165) is 12.8 Å². The van der Waals surface area contributed by atoms with Gasteiger partial charge < -0.3 is 10.4 Å². The molecule has 4 heteroatoms. The van der Waals surface area contributed by atoms with Crippen LogP contribution in [-0.2, 0) is 9.59 Å². The van der Waals surface area contributed by atoms with E-state index in [2.05, 4.69) is 5.32 Å². The van der Waals surface area contributed by atoms with Crippen LogP contribution < -0.4 is 5.32 Å². The van der Waals surface area contributed by atoms with Gasteiger partial charge in [-0.15, -0.1) is 0 Å². The van der Waals surface area contributed by atoms with E-state index >= 15 is 0 Å². The molecule has 0 aromatic rings. The van der Waals surface area contributed by atoms with E-state index in [1.165, 1.54) is 0 Å². The average Bonchev–Trinajstić information content (AvgIpc) is 2.35. The first-order valence-electron chi connectivity index (χ1n) is 6.28. The van der Waals surface area contributed by atoms with Crippen molar-refractivity contribution >= 4 is 11.9 Å². The molecule has 2 N–H and O–H groups in total. The number of carboxylic acid groups (broad SMARTS) is 1. The summed E-state index contributed by atoms with van der Waals surface area (Å²) in [4.78, 5) is 23.1. The summed E-state index contributed by atoms with van der Waals surface area (Å²) < 4.78 is 0. The lowest BCUT2D eigenvalue weighted by Crippen LogP contribution is -2.43. The first-order valence-corrected chi connectivity index (χ1v) is 6.28. The number of hydrogen-bond donors (Lipinski definition) is 2. The zero-order valence-electron chi connectivity index (χ0n) is 10.5. The number of hydrogen-bond acceptors (Lipinski definition) is 2. The minimum Gasteiger partial charge on any atom is -0.481 e. The van der Waals surface area contributed by atoms with E-state index in [4.69, 9.17) is 5.11 Å². The number of carbonyl (C=O) groups is 2. The summed E-state index contributed by atoms with van der Waals surface area (Å²) in [6.45, 7) is 4.04. The molecule has 1 aliphatic carbocycles. The van der Waals surface area contributed by atoms with Crippen molar-refractivity contribution in [1.29, 1.82) is 0 Å². The largest absolute Gasteiger partial charge is 0.481 e. The Balaban J connectivity index is 2.66. The molecule has 0 saturated heterocycles. The van der Waals surface area contributed by atoms with Gasteiger partial charge in [0.05, 0.1) is 11.8 Å². The maximum absolute atomic E-state index is 12.0. The van der Waals surface area contributed by atoms with Crippen LogP contribution in [0, 0.1) is 11.8 Å². The Morgan fingerprint density at radius 1 is 1.24 bits per heavy atom. The van der Waals surface area contributed by atoms with Crippen molar-refractivity contribution in [2.75, 3.05) is 0 Å². The normalized spacial score (nSPS) is 23.7. The fourth-order valence-corrected chi connectivity index (χ4v) is 2.18.